The van der Waals surface area contributed by atoms with Gasteiger partial charge in [0, 0.05) is 10.2 Å². The fraction of sp³-hybridized carbons (Fsp3) is 0.0769. The van der Waals surface area contributed by atoms with Crippen LogP contribution in [0, 0.1) is 12.7 Å². The second-order valence-corrected chi connectivity index (χ2v) is 4.62. The average Bonchev–Trinajstić information content (AvgIpc) is 2.28. The van der Waals surface area contributed by atoms with Crippen LogP contribution in [0.4, 0.5) is 21.5 Å². The Morgan fingerprint density at radius 2 is 1.94 bits per heavy atom. The molecule has 0 aliphatic carbocycles. The summed E-state index contributed by atoms with van der Waals surface area (Å²) < 4.78 is 13.9. The molecule has 2 nitrogen and oxygen atoms in total. The first-order valence-electron chi connectivity index (χ1n) is 5.15. The summed E-state index contributed by atoms with van der Waals surface area (Å²) in [7, 11) is 0. The molecule has 0 saturated carbocycles. The number of benzene rings is 2. The van der Waals surface area contributed by atoms with Crippen LogP contribution >= 0.6 is 15.9 Å². The number of hydrogen-bond acceptors (Lipinski definition) is 2. The zero-order valence-electron chi connectivity index (χ0n) is 9.30. The van der Waals surface area contributed by atoms with Crippen molar-refractivity contribution >= 4 is 33.0 Å². The van der Waals surface area contributed by atoms with Crippen LogP contribution in [0.1, 0.15) is 5.56 Å². The molecule has 0 unspecified atom stereocenters. The minimum absolute atomic E-state index is 0.334. The van der Waals surface area contributed by atoms with Crippen molar-refractivity contribution in [3.8, 4) is 0 Å². The number of anilines is 3. The molecule has 0 fully saturated rings. The Morgan fingerprint density at radius 1 is 1.18 bits per heavy atom. The molecule has 2 aromatic carbocycles. The van der Waals surface area contributed by atoms with Crippen LogP contribution in [0.25, 0.3) is 0 Å². The van der Waals surface area contributed by atoms with Crippen molar-refractivity contribution in [1.29, 1.82) is 0 Å². The second kappa shape index (κ2) is 4.75. The standard InChI is InChI=1S/C13H12BrFN2/c1-8-10(14)3-2-4-12(8)17-13-6-5-9(15)7-11(13)16/h2-7,17H,16H2,1H3. The Bertz CT molecular complexity index is 555. The lowest BCUT2D eigenvalue weighted by molar-refractivity contribution is 0.628. The van der Waals surface area contributed by atoms with Crippen LogP contribution in [-0.4, -0.2) is 0 Å². The molecular weight excluding hydrogens is 283 g/mol. The zero-order chi connectivity index (χ0) is 12.4. The van der Waals surface area contributed by atoms with Gasteiger partial charge in [0.25, 0.3) is 0 Å². The Labute approximate surface area is 108 Å². The fourth-order valence-corrected chi connectivity index (χ4v) is 1.90. The minimum Gasteiger partial charge on any atom is -0.397 e. The predicted molar refractivity (Wildman–Crippen MR) is 73.0 cm³/mol. The largest absolute Gasteiger partial charge is 0.397 e. The third kappa shape index (κ3) is 2.58. The molecule has 0 aliphatic rings. The number of nitrogen functional groups attached to an aromatic ring is 1. The van der Waals surface area contributed by atoms with E-state index in [0.717, 1.165) is 15.7 Å². The van der Waals surface area contributed by atoms with Gasteiger partial charge in [0.15, 0.2) is 0 Å². The van der Waals surface area contributed by atoms with Gasteiger partial charge in [-0.25, -0.2) is 4.39 Å². The second-order valence-electron chi connectivity index (χ2n) is 3.77. The third-order valence-electron chi connectivity index (χ3n) is 2.55. The van der Waals surface area contributed by atoms with E-state index in [4.69, 9.17) is 5.73 Å². The van der Waals surface area contributed by atoms with E-state index in [0.29, 0.717) is 11.4 Å². The Kier molecular flexibility index (Phi) is 3.33. The number of hydrogen-bond donors (Lipinski definition) is 2. The SMILES string of the molecule is Cc1c(Br)cccc1Nc1ccc(F)cc1N. The highest BCUT2D eigenvalue weighted by atomic mass is 79.9. The van der Waals surface area contributed by atoms with Gasteiger partial charge < -0.3 is 11.1 Å². The Hall–Kier alpha value is -1.55. The van der Waals surface area contributed by atoms with E-state index < -0.39 is 0 Å². The van der Waals surface area contributed by atoms with Crippen molar-refractivity contribution in [3.63, 3.8) is 0 Å². The maximum atomic E-state index is 12.9. The molecular formula is C13H12BrFN2. The highest BCUT2D eigenvalue weighted by Gasteiger charge is 2.05. The number of rotatable bonds is 2. The molecule has 4 heteroatoms. The smallest absolute Gasteiger partial charge is 0.125 e. The van der Waals surface area contributed by atoms with Gasteiger partial charge in [-0.15, -0.1) is 0 Å². The molecule has 2 aromatic rings. The van der Waals surface area contributed by atoms with Crippen molar-refractivity contribution in [2.24, 2.45) is 0 Å². The number of halogens is 2. The van der Waals surface area contributed by atoms with E-state index in [2.05, 4.69) is 21.2 Å². The minimum atomic E-state index is -0.334. The van der Waals surface area contributed by atoms with E-state index in [1.54, 1.807) is 6.07 Å². The van der Waals surface area contributed by atoms with Crippen LogP contribution in [0.2, 0.25) is 0 Å². The molecule has 0 saturated heterocycles. The quantitative estimate of drug-likeness (QED) is 0.814. The van der Waals surface area contributed by atoms with Crippen molar-refractivity contribution < 1.29 is 4.39 Å². The topological polar surface area (TPSA) is 38.0 Å². The van der Waals surface area contributed by atoms with Gasteiger partial charge in [-0.1, -0.05) is 22.0 Å². The maximum absolute atomic E-state index is 12.9. The molecule has 0 spiro atoms. The highest BCUT2D eigenvalue weighted by Crippen LogP contribution is 2.29. The zero-order valence-corrected chi connectivity index (χ0v) is 10.9. The van der Waals surface area contributed by atoms with Crippen molar-refractivity contribution in [2.75, 3.05) is 11.1 Å². The van der Waals surface area contributed by atoms with Crippen LogP contribution in [0.5, 0.6) is 0 Å². The Balaban J connectivity index is 2.35. The molecule has 88 valence electrons. The first-order chi connectivity index (χ1) is 8.08. The molecule has 3 N–H and O–H groups in total. The first kappa shape index (κ1) is 11.9. The first-order valence-corrected chi connectivity index (χ1v) is 5.94. The third-order valence-corrected chi connectivity index (χ3v) is 3.41. The van der Waals surface area contributed by atoms with E-state index in [9.17, 15) is 4.39 Å². The molecule has 0 amide bonds. The highest BCUT2D eigenvalue weighted by molar-refractivity contribution is 9.10. The summed E-state index contributed by atoms with van der Waals surface area (Å²) in [6.45, 7) is 1.99. The molecule has 2 rings (SSSR count). The van der Waals surface area contributed by atoms with Gasteiger partial charge in [0.05, 0.1) is 11.4 Å². The van der Waals surface area contributed by atoms with E-state index >= 15 is 0 Å². The molecule has 0 aromatic heterocycles. The van der Waals surface area contributed by atoms with Gasteiger partial charge in [0.1, 0.15) is 5.82 Å². The number of nitrogens with one attached hydrogen (secondary N) is 1. The van der Waals surface area contributed by atoms with E-state index in [-0.39, 0.29) is 5.82 Å². The summed E-state index contributed by atoms with van der Waals surface area (Å²) in [5.41, 5.74) is 8.86. The van der Waals surface area contributed by atoms with Crippen molar-refractivity contribution in [3.05, 3.63) is 52.3 Å². The van der Waals surface area contributed by atoms with Gasteiger partial charge in [-0.05, 0) is 42.8 Å². The molecule has 0 heterocycles. The van der Waals surface area contributed by atoms with Gasteiger partial charge >= 0.3 is 0 Å². The van der Waals surface area contributed by atoms with Gasteiger partial charge in [-0.2, -0.15) is 0 Å². The van der Waals surface area contributed by atoms with E-state index in [1.807, 2.05) is 25.1 Å². The van der Waals surface area contributed by atoms with Crippen molar-refractivity contribution in [2.45, 2.75) is 6.92 Å². The molecule has 17 heavy (non-hydrogen) atoms. The fourth-order valence-electron chi connectivity index (χ4n) is 1.54. The normalized spacial score (nSPS) is 10.3. The summed E-state index contributed by atoms with van der Waals surface area (Å²) in [4.78, 5) is 0. The average molecular weight is 295 g/mol. The van der Waals surface area contributed by atoms with Crippen LogP contribution in [0.15, 0.2) is 40.9 Å². The number of nitrogens with two attached hydrogens (primary N) is 1. The van der Waals surface area contributed by atoms with E-state index in [1.165, 1.54) is 12.1 Å². The Morgan fingerprint density at radius 3 is 2.65 bits per heavy atom. The maximum Gasteiger partial charge on any atom is 0.125 e. The monoisotopic (exact) mass is 294 g/mol. The molecule has 0 radical (unpaired) electrons. The molecule has 0 atom stereocenters. The summed E-state index contributed by atoms with van der Waals surface area (Å²) in [6.07, 6.45) is 0. The summed E-state index contributed by atoms with van der Waals surface area (Å²) in [5, 5.41) is 3.19. The summed E-state index contributed by atoms with van der Waals surface area (Å²) in [5.74, 6) is -0.334. The van der Waals surface area contributed by atoms with Crippen LogP contribution < -0.4 is 11.1 Å². The van der Waals surface area contributed by atoms with Crippen molar-refractivity contribution in [1.82, 2.24) is 0 Å². The lowest BCUT2D eigenvalue weighted by atomic mass is 10.2. The predicted octanol–water partition coefficient (Wildman–Crippen LogP) is 4.22. The van der Waals surface area contributed by atoms with Gasteiger partial charge in [0.2, 0.25) is 0 Å². The van der Waals surface area contributed by atoms with Gasteiger partial charge in [-0.3, -0.25) is 0 Å². The lowest BCUT2D eigenvalue weighted by Gasteiger charge is -2.12. The summed E-state index contributed by atoms with van der Waals surface area (Å²) >= 11 is 3.46. The molecule has 0 aliphatic heterocycles. The van der Waals surface area contributed by atoms with Crippen LogP contribution in [0.3, 0.4) is 0 Å². The molecule has 0 bridgehead atoms. The summed E-state index contributed by atoms with van der Waals surface area (Å²) in [6, 6.07) is 10.2. The lowest BCUT2D eigenvalue weighted by Crippen LogP contribution is -1.98. The van der Waals surface area contributed by atoms with Crippen LogP contribution in [-0.2, 0) is 0 Å².